The first kappa shape index (κ1) is 14.4. The first-order chi connectivity index (χ1) is 10.1. The van der Waals surface area contributed by atoms with Crippen molar-refractivity contribution < 1.29 is 17.9 Å². The van der Waals surface area contributed by atoms with E-state index in [4.69, 9.17) is 4.74 Å². The van der Waals surface area contributed by atoms with Crippen LogP contribution in [0.15, 0.2) is 23.1 Å². The monoisotopic (exact) mass is 327 g/mol. The van der Waals surface area contributed by atoms with Gasteiger partial charge in [0.05, 0.1) is 11.7 Å². The zero-order valence-corrected chi connectivity index (χ0v) is 12.6. The molecule has 2 heterocycles. The van der Waals surface area contributed by atoms with E-state index in [0.29, 0.717) is 30.5 Å². The van der Waals surface area contributed by atoms with Crippen LogP contribution in [0.3, 0.4) is 0 Å². The summed E-state index contributed by atoms with van der Waals surface area (Å²) in [6, 6.07) is 4.86. The highest BCUT2D eigenvalue weighted by atomic mass is 32.2. The van der Waals surface area contributed by atoms with E-state index in [1.54, 1.807) is 12.1 Å². The highest BCUT2D eigenvalue weighted by molar-refractivity contribution is 7.89. The van der Waals surface area contributed by atoms with Gasteiger partial charge in [0.25, 0.3) is 6.47 Å². The van der Waals surface area contributed by atoms with Crippen LogP contribution in [0.25, 0.3) is 11.0 Å². The number of sulfonamides is 1. The van der Waals surface area contributed by atoms with Crippen LogP contribution < -0.4 is 0 Å². The second-order valence-corrected chi connectivity index (χ2v) is 7.07. The Hall–Kier alpha value is -1.58. The first-order valence-electron chi connectivity index (χ1n) is 6.47. The molecule has 21 heavy (non-hydrogen) atoms. The van der Waals surface area contributed by atoms with Crippen molar-refractivity contribution in [2.45, 2.75) is 30.4 Å². The van der Waals surface area contributed by atoms with Gasteiger partial charge in [-0.2, -0.15) is 13.1 Å². The molecule has 0 radical (unpaired) electrons. The highest BCUT2D eigenvalue weighted by Crippen LogP contribution is 2.29. The van der Waals surface area contributed by atoms with Crippen molar-refractivity contribution in [1.29, 1.82) is 0 Å². The van der Waals surface area contributed by atoms with Crippen LogP contribution in [-0.2, 0) is 19.6 Å². The second-order valence-electron chi connectivity index (χ2n) is 4.69. The molecule has 0 aliphatic carbocycles. The van der Waals surface area contributed by atoms with Crippen LogP contribution >= 0.6 is 11.7 Å². The Bertz CT molecular complexity index is 759. The SMILES string of the molecule is O=CO[C@@H]1CCCCN1S(=O)(=O)c1cccc2nsnc12. The number of hydrogen-bond donors (Lipinski definition) is 0. The minimum Gasteiger partial charge on any atom is -0.448 e. The maximum absolute atomic E-state index is 12.9. The van der Waals surface area contributed by atoms with Gasteiger partial charge in [0.15, 0.2) is 6.23 Å². The van der Waals surface area contributed by atoms with Gasteiger partial charge in [-0.3, -0.25) is 4.79 Å². The van der Waals surface area contributed by atoms with Crippen molar-refractivity contribution in [1.82, 2.24) is 13.1 Å². The number of carbonyl (C=O) groups is 1. The molecule has 2 aromatic rings. The number of aromatic nitrogens is 2. The molecule has 1 saturated heterocycles. The predicted octanol–water partition coefficient (Wildman–Crippen LogP) is 1.37. The van der Waals surface area contributed by atoms with E-state index >= 15 is 0 Å². The van der Waals surface area contributed by atoms with Crippen LogP contribution in [0.2, 0.25) is 0 Å². The molecule has 1 aromatic heterocycles. The van der Waals surface area contributed by atoms with E-state index in [9.17, 15) is 13.2 Å². The Labute approximate surface area is 125 Å². The molecule has 7 nitrogen and oxygen atoms in total. The minimum atomic E-state index is -3.78. The summed E-state index contributed by atoms with van der Waals surface area (Å²) >= 11 is 0.970. The standard InChI is InChI=1S/C12H13N3O4S2/c16-8-19-11-6-1-2-7-15(11)21(17,18)10-5-3-4-9-12(10)14-20-13-9/h3-5,8,11H,1-2,6-7H2/t11-/m1/s1. The molecule has 3 rings (SSSR count). The Morgan fingerprint density at radius 2 is 2.19 bits per heavy atom. The fraction of sp³-hybridized carbons (Fsp3) is 0.417. The molecular weight excluding hydrogens is 314 g/mol. The van der Waals surface area contributed by atoms with Crippen LogP contribution in [0.1, 0.15) is 19.3 Å². The molecule has 0 N–H and O–H groups in total. The molecule has 0 amide bonds. The summed E-state index contributed by atoms with van der Waals surface area (Å²) in [5, 5.41) is 0. The Morgan fingerprint density at radius 3 is 3.00 bits per heavy atom. The van der Waals surface area contributed by atoms with Gasteiger partial charge < -0.3 is 4.74 Å². The number of fused-ring (bicyclic) bond motifs is 1. The molecular formula is C12H13N3O4S2. The van der Waals surface area contributed by atoms with Gasteiger partial charge in [-0.15, -0.1) is 0 Å². The van der Waals surface area contributed by atoms with Crippen molar-refractivity contribution in [3.63, 3.8) is 0 Å². The van der Waals surface area contributed by atoms with Gasteiger partial charge in [-0.25, -0.2) is 8.42 Å². The lowest BCUT2D eigenvalue weighted by atomic mass is 10.1. The molecule has 1 atom stereocenters. The summed E-state index contributed by atoms with van der Waals surface area (Å²) in [5.41, 5.74) is 0.906. The van der Waals surface area contributed by atoms with Gasteiger partial charge in [-0.1, -0.05) is 6.07 Å². The summed E-state index contributed by atoms with van der Waals surface area (Å²) in [6.07, 6.45) is 1.32. The van der Waals surface area contributed by atoms with Gasteiger partial charge in [0.2, 0.25) is 10.0 Å². The lowest BCUT2D eigenvalue weighted by Gasteiger charge is -2.32. The fourth-order valence-corrected chi connectivity index (χ4v) is 4.80. The predicted molar refractivity (Wildman–Crippen MR) is 76.1 cm³/mol. The molecule has 1 fully saturated rings. The molecule has 9 heteroatoms. The molecule has 1 aromatic carbocycles. The average molecular weight is 327 g/mol. The molecule has 112 valence electrons. The zero-order valence-electron chi connectivity index (χ0n) is 11.0. The van der Waals surface area contributed by atoms with Gasteiger partial charge in [0.1, 0.15) is 15.9 Å². The van der Waals surface area contributed by atoms with E-state index in [1.807, 2.05) is 0 Å². The lowest BCUT2D eigenvalue weighted by Crippen LogP contribution is -2.45. The van der Waals surface area contributed by atoms with Crippen LogP contribution in [0.4, 0.5) is 0 Å². The van der Waals surface area contributed by atoms with E-state index in [0.717, 1.165) is 24.6 Å². The zero-order chi connectivity index (χ0) is 14.9. The fourth-order valence-electron chi connectivity index (χ4n) is 2.47. The number of ether oxygens (including phenoxy) is 1. The van der Waals surface area contributed by atoms with E-state index in [-0.39, 0.29) is 4.90 Å². The van der Waals surface area contributed by atoms with Crippen molar-refractivity contribution in [2.75, 3.05) is 6.54 Å². The van der Waals surface area contributed by atoms with Crippen LogP contribution in [0, 0.1) is 0 Å². The number of hydrogen-bond acceptors (Lipinski definition) is 7. The normalized spacial score (nSPS) is 20.5. The molecule has 0 spiro atoms. The van der Waals surface area contributed by atoms with E-state index < -0.39 is 16.3 Å². The first-order valence-corrected chi connectivity index (χ1v) is 8.64. The summed E-state index contributed by atoms with van der Waals surface area (Å²) < 4.78 is 40.0. The number of piperidine rings is 1. The lowest BCUT2D eigenvalue weighted by molar-refractivity contribution is -0.140. The highest BCUT2D eigenvalue weighted by Gasteiger charge is 2.36. The third-order valence-corrected chi connectivity index (χ3v) is 5.91. The minimum absolute atomic E-state index is 0.107. The van der Waals surface area contributed by atoms with Gasteiger partial charge in [-0.05, 0) is 31.4 Å². The maximum Gasteiger partial charge on any atom is 0.294 e. The van der Waals surface area contributed by atoms with E-state index in [2.05, 4.69) is 8.75 Å². The Morgan fingerprint density at radius 1 is 1.33 bits per heavy atom. The second kappa shape index (κ2) is 5.66. The van der Waals surface area contributed by atoms with Crippen molar-refractivity contribution >= 4 is 39.3 Å². The van der Waals surface area contributed by atoms with Crippen LogP contribution in [0.5, 0.6) is 0 Å². The number of carbonyl (C=O) groups excluding carboxylic acids is 1. The Kier molecular flexibility index (Phi) is 3.87. The topological polar surface area (TPSA) is 89.5 Å². The summed E-state index contributed by atoms with van der Waals surface area (Å²) in [5.74, 6) is 0. The molecule has 1 aliphatic heterocycles. The van der Waals surface area contributed by atoms with E-state index in [1.165, 1.54) is 10.4 Å². The third-order valence-electron chi connectivity index (χ3n) is 3.45. The van der Waals surface area contributed by atoms with Gasteiger partial charge >= 0.3 is 0 Å². The molecule has 0 saturated carbocycles. The smallest absolute Gasteiger partial charge is 0.294 e. The summed E-state index contributed by atoms with van der Waals surface area (Å²) in [7, 11) is -3.78. The Balaban J connectivity index is 2.06. The molecule has 0 unspecified atom stereocenters. The van der Waals surface area contributed by atoms with Crippen molar-refractivity contribution in [3.8, 4) is 0 Å². The average Bonchev–Trinajstić information content (AvgIpc) is 2.96. The van der Waals surface area contributed by atoms with Crippen molar-refractivity contribution in [2.24, 2.45) is 0 Å². The maximum atomic E-state index is 12.9. The number of nitrogens with zero attached hydrogens (tertiary/aromatic N) is 3. The summed E-state index contributed by atoms with van der Waals surface area (Å²) in [4.78, 5) is 10.7. The largest absolute Gasteiger partial charge is 0.448 e. The van der Waals surface area contributed by atoms with Crippen molar-refractivity contribution in [3.05, 3.63) is 18.2 Å². The number of benzene rings is 1. The van der Waals surface area contributed by atoms with Gasteiger partial charge in [0, 0.05) is 6.54 Å². The third kappa shape index (κ3) is 2.52. The molecule has 1 aliphatic rings. The summed E-state index contributed by atoms with van der Waals surface area (Å²) in [6.45, 7) is 0.623. The van der Waals surface area contributed by atoms with Crippen LogP contribution in [-0.4, -0.2) is 40.7 Å². The molecule has 0 bridgehead atoms. The number of rotatable bonds is 4. The quantitative estimate of drug-likeness (QED) is 0.788.